The van der Waals surface area contributed by atoms with Gasteiger partial charge in [-0.2, -0.15) is 4.98 Å². The van der Waals surface area contributed by atoms with Gasteiger partial charge in [0.15, 0.2) is 5.82 Å². The Balaban J connectivity index is 2.35. The van der Waals surface area contributed by atoms with Gasteiger partial charge in [0.05, 0.1) is 19.0 Å². The summed E-state index contributed by atoms with van der Waals surface area (Å²) in [5.41, 5.74) is 0.891. The molecule has 0 radical (unpaired) electrons. The van der Waals surface area contributed by atoms with E-state index >= 15 is 0 Å². The highest BCUT2D eigenvalue weighted by molar-refractivity contribution is 6.33. The maximum absolute atomic E-state index is 6.24. The fourth-order valence-electron chi connectivity index (χ4n) is 1.94. The Labute approximate surface area is 129 Å². The van der Waals surface area contributed by atoms with Gasteiger partial charge in [0.25, 0.3) is 0 Å². The van der Waals surface area contributed by atoms with Gasteiger partial charge in [0.1, 0.15) is 10.8 Å². The zero-order valence-electron chi connectivity index (χ0n) is 12.4. The number of hydrogen-bond donors (Lipinski definition) is 1. The second-order valence-corrected chi connectivity index (χ2v) is 4.93. The number of ether oxygens (including phenoxy) is 1. The third-order valence-electron chi connectivity index (χ3n) is 3.02. The molecule has 0 spiro atoms. The molecule has 21 heavy (non-hydrogen) atoms. The maximum atomic E-state index is 6.24. The van der Waals surface area contributed by atoms with E-state index in [1.54, 1.807) is 13.3 Å². The zero-order chi connectivity index (χ0) is 15.2. The lowest BCUT2D eigenvalue weighted by Crippen LogP contribution is -2.15. The Bertz CT molecular complexity index is 606. The number of anilines is 3. The van der Waals surface area contributed by atoms with E-state index in [1.807, 2.05) is 36.2 Å². The molecule has 0 amide bonds. The Kier molecular flexibility index (Phi) is 5.22. The average Bonchev–Trinajstić information content (AvgIpc) is 2.53. The van der Waals surface area contributed by atoms with Gasteiger partial charge in [-0.25, -0.2) is 4.98 Å². The standard InChI is InChI=1S/C15H19ClN4O/c1-4-9-17-15-18-10-11(16)14(19-15)20(2)12-7-5-6-8-13(12)21-3/h5-8,10H,4,9H2,1-3H3,(H,17,18,19). The molecule has 5 nitrogen and oxygen atoms in total. The van der Waals surface area contributed by atoms with Gasteiger partial charge < -0.3 is 15.0 Å². The number of benzene rings is 1. The van der Waals surface area contributed by atoms with Crippen molar-refractivity contribution in [1.29, 1.82) is 0 Å². The van der Waals surface area contributed by atoms with E-state index in [2.05, 4.69) is 22.2 Å². The summed E-state index contributed by atoms with van der Waals surface area (Å²) in [6.45, 7) is 2.91. The van der Waals surface area contributed by atoms with E-state index < -0.39 is 0 Å². The largest absolute Gasteiger partial charge is 0.495 e. The van der Waals surface area contributed by atoms with Crippen molar-refractivity contribution in [3.8, 4) is 5.75 Å². The molecule has 0 aliphatic carbocycles. The molecule has 0 aliphatic rings. The molecule has 1 aromatic carbocycles. The van der Waals surface area contributed by atoms with Crippen LogP contribution in [0.25, 0.3) is 0 Å². The van der Waals surface area contributed by atoms with Crippen molar-refractivity contribution in [3.63, 3.8) is 0 Å². The Morgan fingerprint density at radius 1 is 1.33 bits per heavy atom. The topological polar surface area (TPSA) is 50.3 Å². The second kappa shape index (κ2) is 7.13. The van der Waals surface area contributed by atoms with Crippen LogP contribution in [-0.2, 0) is 0 Å². The number of hydrogen-bond acceptors (Lipinski definition) is 5. The highest BCUT2D eigenvalue weighted by atomic mass is 35.5. The van der Waals surface area contributed by atoms with Crippen LogP contribution in [0.5, 0.6) is 5.75 Å². The number of nitrogens with zero attached hydrogens (tertiary/aromatic N) is 3. The van der Waals surface area contributed by atoms with Crippen LogP contribution < -0.4 is 15.0 Å². The van der Waals surface area contributed by atoms with Gasteiger partial charge in [-0.15, -0.1) is 0 Å². The molecule has 0 fully saturated rings. The molecule has 112 valence electrons. The predicted molar refractivity (Wildman–Crippen MR) is 86.9 cm³/mol. The Morgan fingerprint density at radius 3 is 2.81 bits per heavy atom. The van der Waals surface area contributed by atoms with Crippen LogP contribution in [0, 0.1) is 0 Å². The van der Waals surface area contributed by atoms with Crippen molar-refractivity contribution in [2.45, 2.75) is 13.3 Å². The predicted octanol–water partition coefficient (Wildman–Crippen LogP) is 3.73. The number of nitrogens with one attached hydrogen (secondary N) is 1. The van der Waals surface area contributed by atoms with Crippen molar-refractivity contribution >= 4 is 29.1 Å². The third-order valence-corrected chi connectivity index (χ3v) is 3.29. The fourth-order valence-corrected chi connectivity index (χ4v) is 2.15. The van der Waals surface area contributed by atoms with Crippen LogP contribution in [0.15, 0.2) is 30.5 Å². The van der Waals surface area contributed by atoms with Crippen LogP contribution in [0.2, 0.25) is 5.02 Å². The lowest BCUT2D eigenvalue weighted by Gasteiger charge is -2.22. The molecule has 0 atom stereocenters. The van der Waals surface area contributed by atoms with Gasteiger partial charge in [-0.1, -0.05) is 30.7 Å². The van der Waals surface area contributed by atoms with Gasteiger partial charge in [-0.05, 0) is 18.6 Å². The van der Waals surface area contributed by atoms with Crippen molar-refractivity contribution in [2.24, 2.45) is 0 Å². The van der Waals surface area contributed by atoms with E-state index in [0.717, 1.165) is 24.4 Å². The first-order valence-electron chi connectivity index (χ1n) is 6.80. The first-order chi connectivity index (χ1) is 10.2. The average molecular weight is 307 g/mol. The highest BCUT2D eigenvalue weighted by Crippen LogP contribution is 2.34. The SMILES string of the molecule is CCCNc1ncc(Cl)c(N(C)c2ccccc2OC)n1. The molecule has 2 aromatic rings. The Hall–Kier alpha value is -2.01. The number of halogens is 1. The molecule has 0 unspecified atom stereocenters. The molecule has 0 bridgehead atoms. The van der Waals surface area contributed by atoms with E-state index in [4.69, 9.17) is 16.3 Å². The second-order valence-electron chi connectivity index (χ2n) is 4.52. The van der Waals surface area contributed by atoms with Crippen LogP contribution >= 0.6 is 11.6 Å². The molecule has 1 N–H and O–H groups in total. The maximum Gasteiger partial charge on any atom is 0.224 e. The van der Waals surface area contributed by atoms with E-state index in [0.29, 0.717) is 16.8 Å². The van der Waals surface area contributed by atoms with Gasteiger partial charge >= 0.3 is 0 Å². The van der Waals surface area contributed by atoms with Gasteiger partial charge in [0.2, 0.25) is 5.95 Å². The summed E-state index contributed by atoms with van der Waals surface area (Å²) in [5, 5.41) is 3.65. The first kappa shape index (κ1) is 15.4. The molecule has 0 saturated heterocycles. The van der Waals surface area contributed by atoms with E-state index in [1.165, 1.54) is 0 Å². The quantitative estimate of drug-likeness (QED) is 0.881. The van der Waals surface area contributed by atoms with Crippen molar-refractivity contribution in [3.05, 3.63) is 35.5 Å². The number of methoxy groups -OCH3 is 1. The minimum absolute atomic E-state index is 0.491. The molecule has 2 rings (SSSR count). The monoisotopic (exact) mass is 306 g/mol. The highest BCUT2D eigenvalue weighted by Gasteiger charge is 2.15. The van der Waals surface area contributed by atoms with Crippen molar-refractivity contribution in [1.82, 2.24) is 9.97 Å². The van der Waals surface area contributed by atoms with Crippen LogP contribution in [0.3, 0.4) is 0 Å². The van der Waals surface area contributed by atoms with Crippen LogP contribution in [0.4, 0.5) is 17.5 Å². The van der Waals surface area contributed by atoms with E-state index in [-0.39, 0.29) is 0 Å². The zero-order valence-corrected chi connectivity index (χ0v) is 13.2. The Morgan fingerprint density at radius 2 is 2.10 bits per heavy atom. The van der Waals surface area contributed by atoms with Crippen LogP contribution in [0.1, 0.15) is 13.3 Å². The minimum Gasteiger partial charge on any atom is -0.495 e. The first-order valence-corrected chi connectivity index (χ1v) is 7.18. The fraction of sp³-hybridized carbons (Fsp3) is 0.333. The number of rotatable bonds is 6. The minimum atomic E-state index is 0.491. The van der Waals surface area contributed by atoms with Crippen molar-refractivity contribution in [2.75, 3.05) is 30.9 Å². The summed E-state index contributed by atoms with van der Waals surface area (Å²) in [7, 11) is 3.54. The summed E-state index contributed by atoms with van der Waals surface area (Å²) in [4.78, 5) is 10.5. The summed E-state index contributed by atoms with van der Waals surface area (Å²) in [5.74, 6) is 1.96. The van der Waals surface area contributed by atoms with Gasteiger partial charge in [0, 0.05) is 13.6 Å². The van der Waals surface area contributed by atoms with Gasteiger partial charge in [-0.3, -0.25) is 0 Å². The van der Waals surface area contributed by atoms with E-state index in [9.17, 15) is 0 Å². The summed E-state index contributed by atoms with van der Waals surface area (Å²) >= 11 is 6.24. The number of para-hydroxylation sites is 2. The van der Waals surface area contributed by atoms with Crippen LogP contribution in [-0.4, -0.2) is 30.7 Å². The summed E-state index contributed by atoms with van der Waals surface area (Å²) in [6.07, 6.45) is 2.61. The lowest BCUT2D eigenvalue weighted by molar-refractivity contribution is 0.415. The molecule has 0 saturated carbocycles. The molecular weight excluding hydrogens is 288 g/mol. The molecule has 0 aliphatic heterocycles. The molecular formula is C15H19ClN4O. The summed E-state index contributed by atoms with van der Waals surface area (Å²) in [6, 6.07) is 7.72. The normalized spacial score (nSPS) is 10.3. The molecule has 1 aromatic heterocycles. The third kappa shape index (κ3) is 3.55. The molecule has 1 heterocycles. The smallest absolute Gasteiger partial charge is 0.224 e. The molecule has 6 heteroatoms. The lowest BCUT2D eigenvalue weighted by atomic mass is 10.2. The number of aromatic nitrogens is 2. The summed E-state index contributed by atoms with van der Waals surface area (Å²) < 4.78 is 5.38. The van der Waals surface area contributed by atoms with Crippen molar-refractivity contribution < 1.29 is 4.74 Å².